The van der Waals surface area contributed by atoms with Gasteiger partial charge in [-0.05, 0) is 41.6 Å². The van der Waals surface area contributed by atoms with Crippen LogP contribution in [0.1, 0.15) is 24.1 Å². The number of pyridine rings is 1. The third-order valence-corrected chi connectivity index (χ3v) is 4.79. The first-order chi connectivity index (χ1) is 12.0. The number of benzene rings is 2. The maximum atomic E-state index is 12.6. The van der Waals surface area contributed by atoms with Crippen LogP contribution in [0.25, 0.3) is 10.8 Å². The second-order valence-corrected chi connectivity index (χ2v) is 6.54. The number of hydrogen-bond acceptors (Lipinski definition) is 2. The lowest BCUT2D eigenvalue weighted by atomic mass is 10.0. The highest BCUT2D eigenvalue weighted by Crippen LogP contribution is 2.25. The van der Waals surface area contributed by atoms with E-state index in [4.69, 9.17) is 11.6 Å². The Kier molecular flexibility index (Phi) is 4.91. The number of hydrogen-bond donors (Lipinski definition) is 1. The maximum absolute atomic E-state index is 12.6. The van der Waals surface area contributed by atoms with E-state index >= 15 is 0 Å². The lowest BCUT2D eigenvalue weighted by molar-refractivity contribution is -0.131. The van der Waals surface area contributed by atoms with Crippen molar-refractivity contribution in [3.8, 4) is 0 Å². The normalized spacial score (nSPS) is 12.1. The maximum Gasteiger partial charge on any atom is 0.255 e. The minimum Gasteiger partial charge on any atom is -0.339 e. The smallest absolute Gasteiger partial charge is 0.255 e. The molecule has 0 aliphatic heterocycles. The van der Waals surface area contributed by atoms with Gasteiger partial charge in [-0.2, -0.15) is 0 Å². The second-order valence-electron chi connectivity index (χ2n) is 6.10. The van der Waals surface area contributed by atoms with Gasteiger partial charge in [0.25, 0.3) is 5.56 Å². The zero-order chi connectivity index (χ0) is 18.0. The highest BCUT2D eigenvalue weighted by molar-refractivity contribution is 6.30. The van der Waals surface area contributed by atoms with Crippen LogP contribution in [0.5, 0.6) is 0 Å². The lowest BCUT2D eigenvalue weighted by Crippen LogP contribution is -2.31. The first-order valence-electron chi connectivity index (χ1n) is 8.08. The van der Waals surface area contributed by atoms with Gasteiger partial charge in [-0.15, -0.1) is 0 Å². The number of aromatic amines is 1. The Morgan fingerprint density at radius 1 is 1.12 bits per heavy atom. The quantitative estimate of drug-likeness (QED) is 0.771. The predicted molar refractivity (Wildman–Crippen MR) is 101 cm³/mol. The van der Waals surface area contributed by atoms with Crippen molar-refractivity contribution in [2.24, 2.45) is 0 Å². The number of carbonyl (C=O) groups excluding carboxylic acids is 1. The molecule has 1 N–H and O–H groups in total. The monoisotopic (exact) mass is 354 g/mol. The van der Waals surface area contributed by atoms with Gasteiger partial charge in [0.1, 0.15) is 0 Å². The van der Waals surface area contributed by atoms with Gasteiger partial charge in [-0.3, -0.25) is 9.59 Å². The first kappa shape index (κ1) is 17.2. The van der Waals surface area contributed by atoms with E-state index in [1.165, 1.54) is 0 Å². The van der Waals surface area contributed by atoms with Crippen LogP contribution in [0.3, 0.4) is 0 Å². The number of fused-ring (bicyclic) bond motifs is 1. The molecule has 1 aromatic heterocycles. The van der Waals surface area contributed by atoms with Crippen LogP contribution in [0.15, 0.2) is 59.5 Å². The molecule has 1 heterocycles. The Bertz CT molecular complexity index is 963. The number of likely N-dealkylation sites (N-methyl/N-ethyl adjacent to an activating group) is 1. The van der Waals surface area contributed by atoms with Crippen LogP contribution in [0.4, 0.5) is 0 Å². The average Bonchev–Trinajstić information content (AvgIpc) is 2.63. The van der Waals surface area contributed by atoms with E-state index in [-0.39, 0.29) is 17.5 Å². The number of nitrogens with one attached hydrogen (secondary N) is 1. The zero-order valence-electron chi connectivity index (χ0n) is 14.1. The summed E-state index contributed by atoms with van der Waals surface area (Å²) >= 11 is 5.89. The number of carbonyl (C=O) groups is 1. The Hall–Kier alpha value is -2.59. The Morgan fingerprint density at radius 3 is 2.44 bits per heavy atom. The van der Waals surface area contributed by atoms with E-state index in [2.05, 4.69) is 4.98 Å². The molecule has 0 radical (unpaired) electrons. The van der Waals surface area contributed by atoms with E-state index in [1.807, 2.05) is 37.3 Å². The number of aromatic nitrogens is 1. The summed E-state index contributed by atoms with van der Waals surface area (Å²) in [6, 6.07) is 14.5. The molecule has 3 aromatic rings. The highest BCUT2D eigenvalue weighted by Gasteiger charge is 2.20. The summed E-state index contributed by atoms with van der Waals surface area (Å²) in [7, 11) is 1.78. The molecule has 0 spiro atoms. The van der Waals surface area contributed by atoms with Gasteiger partial charge in [-0.25, -0.2) is 0 Å². The van der Waals surface area contributed by atoms with Crippen LogP contribution in [0, 0.1) is 0 Å². The fourth-order valence-electron chi connectivity index (χ4n) is 2.90. The molecule has 1 amide bonds. The molecule has 4 nitrogen and oxygen atoms in total. The molecule has 0 aliphatic rings. The molecule has 0 fully saturated rings. The van der Waals surface area contributed by atoms with Crippen molar-refractivity contribution >= 4 is 28.3 Å². The SMILES string of the molecule is C[C@H](c1c[nH]c(=O)c2ccccc12)N(C)C(=O)Cc1ccc(Cl)cc1. The third kappa shape index (κ3) is 3.59. The topological polar surface area (TPSA) is 53.2 Å². The molecule has 25 heavy (non-hydrogen) atoms. The van der Waals surface area contributed by atoms with E-state index in [0.29, 0.717) is 16.8 Å². The summed E-state index contributed by atoms with van der Waals surface area (Å²) < 4.78 is 0. The molecule has 0 unspecified atom stereocenters. The first-order valence-corrected chi connectivity index (χ1v) is 8.45. The largest absolute Gasteiger partial charge is 0.339 e. The summed E-state index contributed by atoms with van der Waals surface area (Å²) in [4.78, 5) is 29.1. The summed E-state index contributed by atoms with van der Waals surface area (Å²) in [6.07, 6.45) is 2.00. The van der Waals surface area contributed by atoms with Gasteiger partial charge >= 0.3 is 0 Å². The van der Waals surface area contributed by atoms with Crippen LogP contribution in [-0.4, -0.2) is 22.8 Å². The second kappa shape index (κ2) is 7.11. The fraction of sp³-hybridized carbons (Fsp3) is 0.200. The molecular weight excluding hydrogens is 336 g/mol. The van der Waals surface area contributed by atoms with E-state index in [0.717, 1.165) is 16.5 Å². The summed E-state index contributed by atoms with van der Waals surface area (Å²) in [5, 5.41) is 2.15. The van der Waals surface area contributed by atoms with Gasteiger partial charge in [0, 0.05) is 23.7 Å². The summed E-state index contributed by atoms with van der Waals surface area (Å²) in [5.74, 6) is 0.00473. The molecule has 0 saturated carbocycles. The molecule has 1 atom stereocenters. The number of halogens is 1. The highest BCUT2D eigenvalue weighted by atomic mass is 35.5. The third-order valence-electron chi connectivity index (χ3n) is 4.53. The van der Waals surface area contributed by atoms with Gasteiger partial charge < -0.3 is 9.88 Å². The summed E-state index contributed by atoms with van der Waals surface area (Å²) in [6.45, 7) is 1.96. The Labute approximate surface area is 151 Å². The van der Waals surface area contributed by atoms with Crippen molar-refractivity contribution in [3.05, 3.63) is 81.2 Å². The van der Waals surface area contributed by atoms with Gasteiger partial charge in [0.15, 0.2) is 0 Å². The minimum atomic E-state index is -0.165. The molecule has 0 aliphatic carbocycles. The number of nitrogens with zero attached hydrogens (tertiary/aromatic N) is 1. The Balaban J connectivity index is 1.86. The van der Waals surface area contributed by atoms with Crippen LogP contribution in [0.2, 0.25) is 5.02 Å². The average molecular weight is 355 g/mol. The van der Waals surface area contributed by atoms with Crippen molar-refractivity contribution in [2.45, 2.75) is 19.4 Å². The van der Waals surface area contributed by atoms with E-state index < -0.39 is 0 Å². The van der Waals surface area contributed by atoms with Crippen molar-refractivity contribution in [1.82, 2.24) is 9.88 Å². The van der Waals surface area contributed by atoms with Crippen LogP contribution < -0.4 is 5.56 Å². The van der Waals surface area contributed by atoms with Gasteiger partial charge in [-0.1, -0.05) is 41.9 Å². The molecule has 5 heteroatoms. The van der Waals surface area contributed by atoms with Crippen molar-refractivity contribution in [1.29, 1.82) is 0 Å². The van der Waals surface area contributed by atoms with E-state index in [1.54, 1.807) is 36.3 Å². The molecular formula is C20H19ClN2O2. The van der Waals surface area contributed by atoms with Gasteiger partial charge in [0.2, 0.25) is 5.91 Å². The molecule has 3 rings (SSSR count). The van der Waals surface area contributed by atoms with Crippen molar-refractivity contribution in [2.75, 3.05) is 7.05 Å². The molecule has 2 aromatic carbocycles. The van der Waals surface area contributed by atoms with E-state index in [9.17, 15) is 9.59 Å². The van der Waals surface area contributed by atoms with Crippen molar-refractivity contribution < 1.29 is 4.79 Å². The molecule has 0 saturated heterocycles. The van der Waals surface area contributed by atoms with Gasteiger partial charge in [0.05, 0.1) is 12.5 Å². The molecule has 128 valence electrons. The standard InChI is InChI=1S/C20H19ClN2O2/c1-13(18-12-22-20(25)17-6-4-3-5-16(17)18)23(2)19(24)11-14-7-9-15(21)10-8-14/h3-10,12-13H,11H2,1-2H3,(H,22,25)/t13-/m1/s1. The zero-order valence-corrected chi connectivity index (χ0v) is 14.9. The Morgan fingerprint density at radius 2 is 1.76 bits per heavy atom. The summed E-state index contributed by atoms with van der Waals surface area (Å²) in [5.41, 5.74) is 1.71. The number of amides is 1. The lowest BCUT2D eigenvalue weighted by Gasteiger charge is -2.26. The van der Waals surface area contributed by atoms with Crippen LogP contribution in [-0.2, 0) is 11.2 Å². The number of rotatable bonds is 4. The molecule has 0 bridgehead atoms. The fourth-order valence-corrected chi connectivity index (χ4v) is 3.03. The minimum absolute atomic E-state index is 0.00473. The number of H-pyrrole nitrogens is 1. The van der Waals surface area contributed by atoms with Crippen LogP contribution >= 0.6 is 11.6 Å². The predicted octanol–water partition coefficient (Wildman–Crippen LogP) is 3.94. The van der Waals surface area contributed by atoms with Crippen molar-refractivity contribution in [3.63, 3.8) is 0 Å².